The average Bonchev–Trinajstić information content (AvgIpc) is 2.55. The first kappa shape index (κ1) is 15.9. The highest BCUT2D eigenvalue weighted by atomic mass is 35.5. The summed E-state index contributed by atoms with van der Waals surface area (Å²) < 4.78 is 5.81. The predicted octanol–water partition coefficient (Wildman–Crippen LogP) is 3.23. The molecule has 1 N–H and O–H groups in total. The second-order valence-corrected chi connectivity index (χ2v) is 4.69. The monoisotopic (exact) mass is 318 g/mol. The number of amides is 1. The zero-order chi connectivity index (χ0) is 15.9. The first-order chi connectivity index (χ1) is 10.7. The van der Waals surface area contributed by atoms with E-state index in [1.54, 1.807) is 42.5 Å². The Kier molecular flexibility index (Phi) is 5.38. The SMILES string of the molecule is CNC(=O)/C(=N\OC)c1ccccc1Oc1ccc(Cl)cc1. The summed E-state index contributed by atoms with van der Waals surface area (Å²) in [6.45, 7) is 0. The Morgan fingerprint density at radius 3 is 2.45 bits per heavy atom. The normalized spacial score (nSPS) is 11.0. The third kappa shape index (κ3) is 3.77. The molecule has 2 rings (SSSR count). The third-order valence-corrected chi connectivity index (χ3v) is 3.06. The van der Waals surface area contributed by atoms with Crippen LogP contribution in [0.2, 0.25) is 5.02 Å². The van der Waals surface area contributed by atoms with Crippen LogP contribution >= 0.6 is 11.6 Å². The van der Waals surface area contributed by atoms with Crippen molar-refractivity contribution in [1.29, 1.82) is 0 Å². The summed E-state index contributed by atoms with van der Waals surface area (Å²) in [6, 6.07) is 14.0. The topological polar surface area (TPSA) is 59.9 Å². The molecule has 0 aliphatic rings. The van der Waals surface area contributed by atoms with Crippen LogP contribution in [-0.2, 0) is 9.63 Å². The fourth-order valence-electron chi connectivity index (χ4n) is 1.80. The minimum atomic E-state index is -0.367. The molecule has 0 aromatic heterocycles. The van der Waals surface area contributed by atoms with E-state index in [9.17, 15) is 4.79 Å². The number of carbonyl (C=O) groups excluding carboxylic acids is 1. The van der Waals surface area contributed by atoms with Crippen LogP contribution in [0, 0.1) is 0 Å². The number of rotatable bonds is 5. The minimum absolute atomic E-state index is 0.134. The first-order valence-electron chi connectivity index (χ1n) is 6.51. The van der Waals surface area contributed by atoms with Crippen LogP contribution in [0.5, 0.6) is 11.5 Å². The number of nitrogens with one attached hydrogen (secondary N) is 1. The second-order valence-electron chi connectivity index (χ2n) is 4.25. The number of benzene rings is 2. The van der Waals surface area contributed by atoms with E-state index in [0.29, 0.717) is 22.1 Å². The molecule has 0 heterocycles. The van der Waals surface area contributed by atoms with E-state index in [1.165, 1.54) is 14.2 Å². The van der Waals surface area contributed by atoms with Gasteiger partial charge >= 0.3 is 0 Å². The maximum Gasteiger partial charge on any atom is 0.273 e. The van der Waals surface area contributed by atoms with Gasteiger partial charge in [-0.2, -0.15) is 0 Å². The smallest absolute Gasteiger partial charge is 0.273 e. The summed E-state index contributed by atoms with van der Waals surface area (Å²) in [5, 5.41) is 6.93. The summed E-state index contributed by atoms with van der Waals surface area (Å²) in [6.07, 6.45) is 0. The predicted molar refractivity (Wildman–Crippen MR) is 85.6 cm³/mol. The van der Waals surface area contributed by atoms with Gasteiger partial charge in [0.25, 0.3) is 5.91 Å². The molecule has 0 atom stereocenters. The average molecular weight is 319 g/mol. The molecule has 0 bridgehead atoms. The lowest BCUT2D eigenvalue weighted by molar-refractivity contribution is -0.114. The van der Waals surface area contributed by atoms with Crippen molar-refractivity contribution in [3.8, 4) is 11.5 Å². The molecule has 5 nitrogen and oxygen atoms in total. The van der Waals surface area contributed by atoms with Crippen LogP contribution in [0.4, 0.5) is 0 Å². The van der Waals surface area contributed by atoms with Crippen molar-refractivity contribution < 1.29 is 14.4 Å². The summed E-state index contributed by atoms with van der Waals surface area (Å²) in [4.78, 5) is 16.7. The lowest BCUT2D eigenvalue weighted by Gasteiger charge is -2.12. The summed E-state index contributed by atoms with van der Waals surface area (Å²) in [5.41, 5.74) is 0.660. The molecule has 1 amide bonds. The second kappa shape index (κ2) is 7.47. The standard InChI is InChI=1S/C16H15ClN2O3/c1-18-16(20)15(19-21-2)13-5-3-4-6-14(13)22-12-9-7-11(17)8-10-12/h3-10H,1-2H3,(H,18,20)/b19-15-. The van der Waals surface area contributed by atoms with E-state index in [1.807, 2.05) is 6.07 Å². The number of likely N-dealkylation sites (N-methyl/N-ethyl adjacent to an activating group) is 1. The van der Waals surface area contributed by atoms with Gasteiger partial charge in [-0.05, 0) is 36.4 Å². The maximum atomic E-state index is 12.0. The lowest BCUT2D eigenvalue weighted by Crippen LogP contribution is -2.28. The Bertz CT molecular complexity index is 684. The molecule has 0 saturated carbocycles. The van der Waals surface area contributed by atoms with Gasteiger partial charge in [-0.3, -0.25) is 4.79 Å². The van der Waals surface area contributed by atoms with Crippen LogP contribution in [-0.4, -0.2) is 25.8 Å². The molecule has 22 heavy (non-hydrogen) atoms. The third-order valence-electron chi connectivity index (χ3n) is 2.81. The minimum Gasteiger partial charge on any atom is -0.457 e. The van der Waals surface area contributed by atoms with E-state index >= 15 is 0 Å². The fourth-order valence-corrected chi connectivity index (χ4v) is 1.93. The number of ether oxygens (including phenoxy) is 1. The van der Waals surface area contributed by atoms with Gasteiger partial charge < -0.3 is 14.9 Å². The highest BCUT2D eigenvalue weighted by Gasteiger charge is 2.18. The Hall–Kier alpha value is -2.53. The Balaban J connectivity index is 2.39. The first-order valence-corrected chi connectivity index (χ1v) is 6.89. The molecular formula is C16H15ClN2O3. The lowest BCUT2D eigenvalue weighted by atomic mass is 10.1. The van der Waals surface area contributed by atoms with Gasteiger partial charge in [0.1, 0.15) is 18.6 Å². The number of halogens is 1. The van der Waals surface area contributed by atoms with Crippen molar-refractivity contribution in [2.45, 2.75) is 0 Å². The van der Waals surface area contributed by atoms with E-state index in [4.69, 9.17) is 21.2 Å². The largest absolute Gasteiger partial charge is 0.457 e. The van der Waals surface area contributed by atoms with E-state index in [0.717, 1.165) is 0 Å². The molecule has 114 valence electrons. The van der Waals surface area contributed by atoms with Gasteiger partial charge in [-0.1, -0.05) is 28.9 Å². The van der Waals surface area contributed by atoms with Crippen molar-refractivity contribution in [3.63, 3.8) is 0 Å². The van der Waals surface area contributed by atoms with Crippen LogP contribution in [0.3, 0.4) is 0 Å². The van der Waals surface area contributed by atoms with Gasteiger partial charge in [-0.15, -0.1) is 0 Å². The van der Waals surface area contributed by atoms with Crippen LogP contribution in [0.1, 0.15) is 5.56 Å². The Morgan fingerprint density at radius 2 is 1.82 bits per heavy atom. The highest BCUT2D eigenvalue weighted by Crippen LogP contribution is 2.27. The molecule has 2 aromatic carbocycles. The summed E-state index contributed by atoms with van der Waals surface area (Å²) in [7, 11) is 2.90. The quantitative estimate of drug-likeness (QED) is 0.680. The van der Waals surface area contributed by atoms with Crippen LogP contribution < -0.4 is 10.1 Å². The fraction of sp³-hybridized carbons (Fsp3) is 0.125. The van der Waals surface area contributed by atoms with Crippen LogP contribution in [0.15, 0.2) is 53.7 Å². The van der Waals surface area contributed by atoms with Crippen LogP contribution in [0.25, 0.3) is 0 Å². The summed E-state index contributed by atoms with van der Waals surface area (Å²) >= 11 is 5.85. The molecule has 2 aromatic rings. The van der Waals surface area contributed by atoms with Crippen molar-refractivity contribution in [2.24, 2.45) is 5.16 Å². The maximum absolute atomic E-state index is 12.0. The van der Waals surface area contributed by atoms with E-state index < -0.39 is 0 Å². The number of para-hydroxylation sites is 1. The number of hydrogen-bond donors (Lipinski definition) is 1. The molecule has 0 aliphatic carbocycles. The zero-order valence-corrected chi connectivity index (χ0v) is 12.9. The Labute approximate surface area is 133 Å². The Morgan fingerprint density at radius 1 is 1.14 bits per heavy atom. The molecule has 0 fully saturated rings. The summed E-state index contributed by atoms with van der Waals surface area (Å²) in [5.74, 6) is 0.726. The molecular weight excluding hydrogens is 304 g/mol. The van der Waals surface area contributed by atoms with Crippen molar-refractivity contribution in [1.82, 2.24) is 5.32 Å². The van der Waals surface area contributed by atoms with Crippen molar-refractivity contribution in [3.05, 3.63) is 59.1 Å². The number of hydrogen-bond acceptors (Lipinski definition) is 4. The molecule has 6 heteroatoms. The molecule has 0 saturated heterocycles. The number of carbonyl (C=O) groups is 1. The molecule has 0 radical (unpaired) electrons. The van der Waals surface area contributed by atoms with E-state index in [-0.39, 0.29) is 11.6 Å². The number of oxime groups is 1. The molecule has 0 aliphatic heterocycles. The highest BCUT2D eigenvalue weighted by molar-refractivity contribution is 6.45. The number of nitrogens with zero attached hydrogens (tertiary/aromatic N) is 1. The van der Waals surface area contributed by atoms with Gasteiger partial charge in [-0.25, -0.2) is 0 Å². The van der Waals surface area contributed by atoms with Gasteiger partial charge in [0.05, 0.1) is 5.56 Å². The van der Waals surface area contributed by atoms with Crippen molar-refractivity contribution in [2.75, 3.05) is 14.2 Å². The van der Waals surface area contributed by atoms with Gasteiger partial charge in [0.15, 0.2) is 5.71 Å². The molecule has 0 spiro atoms. The van der Waals surface area contributed by atoms with Gasteiger partial charge in [0.2, 0.25) is 0 Å². The molecule has 0 unspecified atom stereocenters. The van der Waals surface area contributed by atoms with E-state index in [2.05, 4.69) is 10.5 Å². The van der Waals surface area contributed by atoms with Gasteiger partial charge in [0, 0.05) is 12.1 Å². The zero-order valence-electron chi connectivity index (χ0n) is 12.2. The van der Waals surface area contributed by atoms with Crippen molar-refractivity contribution >= 4 is 23.2 Å².